The monoisotopic (exact) mass is 520 g/mol. The molecule has 0 radical (unpaired) electrons. The van der Waals surface area contributed by atoms with Crippen molar-refractivity contribution in [1.29, 1.82) is 0 Å². The van der Waals surface area contributed by atoms with Gasteiger partial charge in [-0.2, -0.15) is 0 Å². The number of phenols is 1. The summed E-state index contributed by atoms with van der Waals surface area (Å²) in [5.41, 5.74) is 1.77. The third kappa shape index (κ3) is 4.72. The maximum atomic E-state index is 10.3. The van der Waals surface area contributed by atoms with Crippen LogP contribution in [0.5, 0.6) is 23.0 Å². The molecule has 37 heavy (non-hydrogen) atoms. The fourth-order valence-electron chi connectivity index (χ4n) is 5.35. The Morgan fingerprint density at radius 1 is 0.784 bits per heavy atom. The van der Waals surface area contributed by atoms with Gasteiger partial charge in [-0.3, -0.25) is 0 Å². The molecule has 2 aromatic carbocycles. The van der Waals surface area contributed by atoms with Crippen molar-refractivity contribution in [1.82, 2.24) is 0 Å². The highest BCUT2D eigenvalue weighted by atomic mass is 16.7. The summed E-state index contributed by atoms with van der Waals surface area (Å²) in [6.07, 6.45) is -7.41. The quantitative estimate of drug-likeness (QED) is 0.349. The minimum atomic E-state index is -1.55. The molecule has 9 atom stereocenters. The summed E-state index contributed by atoms with van der Waals surface area (Å²) >= 11 is 0. The first-order valence-corrected chi connectivity index (χ1v) is 12.1. The molecular weight excluding hydrogens is 488 g/mol. The van der Waals surface area contributed by atoms with Gasteiger partial charge in [0.25, 0.3) is 0 Å². The van der Waals surface area contributed by atoms with Crippen LogP contribution in [0.15, 0.2) is 36.4 Å². The molecule has 9 unspecified atom stereocenters. The van der Waals surface area contributed by atoms with Gasteiger partial charge in [0.15, 0.2) is 23.0 Å². The summed E-state index contributed by atoms with van der Waals surface area (Å²) in [6, 6.07) is 10.5. The van der Waals surface area contributed by atoms with Crippen LogP contribution in [0.4, 0.5) is 0 Å². The van der Waals surface area contributed by atoms with E-state index in [-0.39, 0.29) is 35.5 Å². The molecule has 3 aliphatic heterocycles. The predicted molar refractivity (Wildman–Crippen MR) is 126 cm³/mol. The topological polar surface area (TPSA) is 157 Å². The highest BCUT2D eigenvalue weighted by molar-refractivity contribution is 5.45. The van der Waals surface area contributed by atoms with E-state index in [0.29, 0.717) is 24.7 Å². The number of ether oxygens (including phenoxy) is 6. The summed E-state index contributed by atoms with van der Waals surface area (Å²) in [4.78, 5) is 0. The van der Waals surface area contributed by atoms with Crippen LogP contribution in [0.2, 0.25) is 0 Å². The largest absolute Gasteiger partial charge is 0.504 e. The van der Waals surface area contributed by atoms with Gasteiger partial charge < -0.3 is 54.0 Å². The van der Waals surface area contributed by atoms with Crippen LogP contribution in [0.3, 0.4) is 0 Å². The van der Waals surface area contributed by atoms with Crippen LogP contribution < -0.4 is 14.2 Å². The zero-order valence-electron chi connectivity index (χ0n) is 20.5. The molecule has 5 N–H and O–H groups in total. The van der Waals surface area contributed by atoms with Crippen molar-refractivity contribution in [3.05, 3.63) is 47.5 Å². The van der Waals surface area contributed by atoms with Gasteiger partial charge in [0.05, 0.1) is 46.2 Å². The highest BCUT2D eigenvalue weighted by Crippen LogP contribution is 2.51. The Bertz CT molecular complexity index is 1090. The van der Waals surface area contributed by atoms with E-state index in [0.717, 1.165) is 11.1 Å². The molecule has 3 aliphatic rings. The molecule has 5 rings (SSSR count). The third-order valence-corrected chi connectivity index (χ3v) is 7.40. The number of hydrogen-bond donors (Lipinski definition) is 5. The van der Waals surface area contributed by atoms with Crippen molar-refractivity contribution in [2.24, 2.45) is 11.8 Å². The first-order chi connectivity index (χ1) is 17.9. The lowest BCUT2D eigenvalue weighted by Crippen LogP contribution is -2.60. The Hall–Kier alpha value is -2.64. The van der Waals surface area contributed by atoms with E-state index in [9.17, 15) is 25.5 Å². The summed E-state index contributed by atoms with van der Waals surface area (Å²) in [5.74, 6) is 1.27. The second-order valence-corrected chi connectivity index (χ2v) is 9.49. The smallest absolute Gasteiger partial charge is 0.229 e. The van der Waals surface area contributed by atoms with Crippen LogP contribution >= 0.6 is 0 Å². The van der Waals surface area contributed by atoms with Crippen molar-refractivity contribution < 1.29 is 54.0 Å². The molecule has 0 saturated carbocycles. The SMILES string of the molecule is COc1cc(C2OCC3C(c4ccc(OC5OC(CO)C(O)C(O)C5O)c(OC)c4)OCC23)ccc1O. The third-order valence-electron chi connectivity index (χ3n) is 7.40. The molecule has 0 spiro atoms. The van der Waals surface area contributed by atoms with E-state index in [1.165, 1.54) is 14.2 Å². The molecule has 11 nitrogen and oxygen atoms in total. The van der Waals surface area contributed by atoms with Crippen LogP contribution in [0.1, 0.15) is 23.3 Å². The van der Waals surface area contributed by atoms with Crippen molar-refractivity contribution in [3.8, 4) is 23.0 Å². The summed E-state index contributed by atoms with van der Waals surface area (Å²) in [6.45, 7) is 0.436. The fraction of sp³-hybridized carbons (Fsp3) is 0.538. The minimum Gasteiger partial charge on any atom is -0.504 e. The standard InChI is InChI=1S/C26H32O11/c1-32-18-7-12(3-5-16(18)28)24-14-10-35-25(15(14)11-34-24)13-4-6-17(19(8-13)33-2)36-26-23(31)22(30)21(29)20(9-27)37-26/h3-8,14-15,20-31H,9-11H2,1-2H3. The number of methoxy groups -OCH3 is 2. The Kier molecular flexibility index (Phi) is 7.46. The highest BCUT2D eigenvalue weighted by Gasteiger charge is 2.49. The number of fused-ring (bicyclic) bond motifs is 1. The lowest BCUT2D eigenvalue weighted by molar-refractivity contribution is -0.277. The first kappa shape index (κ1) is 26.0. The summed E-state index contributed by atoms with van der Waals surface area (Å²) < 4.78 is 34.3. The minimum absolute atomic E-state index is 0.0689. The molecule has 3 saturated heterocycles. The lowest BCUT2D eigenvalue weighted by Gasteiger charge is -2.39. The number of aromatic hydroxyl groups is 1. The number of benzene rings is 2. The molecule has 0 bridgehead atoms. The molecule has 0 aromatic heterocycles. The number of phenolic OH excluding ortho intramolecular Hbond substituents is 1. The van der Waals surface area contributed by atoms with E-state index < -0.39 is 37.3 Å². The second kappa shape index (κ2) is 10.6. The molecule has 11 heteroatoms. The number of aliphatic hydroxyl groups excluding tert-OH is 4. The van der Waals surface area contributed by atoms with Gasteiger partial charge >= 0.3 is 0 Å². The average Bonchev–Trinajstić information content (AvgIpc) is 3.52. The van der Waals surface area contributed by atoms with Gasteiger partial charge in [-0.05, 0) is 35.4 Å². The molecule has 0 aliphatic carbocycles. The van der Waals surface area contributed by atoms with Gasteiger partial charge in [-0.15, -0.1) is 0 Å². The van der Waals surface area contributed by atoms with Crippen LogP contribution in [0, 0.1) is 11.8 Å². The number of rotatable bonds is 7. The molecule has 3 fully saturated rings. The zero-order valence-corrected chi connectivity index (χ0v) is 20.5. The van der Waals surface area contributed by atoms with E-state index in [2.05, 4.69) is 0 Å². The summed E-state index contributed by atoms with van der Waals surface area (Å²) in [5, 5.41) is 49.7. The van der Waals surface area contributed by atoms with Crippen molar-refractivity contribution in [3.63, 3.8) is 0 Å². The van der Waals surface area contributed by atoms with Gasteiger partial charge in [-0.1, -0.05) is 12.1 Å². The fourth-order valence-corrected chi connectivity index (χ4v) is 5.35. The van der Waals surface area contributed by atoms with Gasteiger partial charge in [0.2, 0.25) is 6.29 Å². The average molecular weight is 521 g/mol. The predicted octanol–water partition coefficient (Wildman–Crippen LogP) is 0.663. The van der Waals surface area contributed by atoms with E-state index >= 15 is 0 Å². The maximum absolute atomic E-state index is 10.3. The van der Waals surface area contributed by atoms with Crippen molar-refractivity contribution in [2.45, 2.75) is 42.9 Å². The van der Waals surface area contributed by atoms with Gasteiger partial charge in [0.1, 0.15) is 24.4 Å². The molecule has 2 aromatic rings. The first-order valence-electron chi connectivity index (χ1n) is 12.1. The van der Waals surface area contributed by atoms with E-state index in [1.807, 2.05) is 12.1 Å². The van der Waals surface area contributed by atoms with Crippen molar-refractivity contribution in [2.75, 3.05) is 34.0 Å². The number of hydrogen-bond acceptors (Lipinski definition) is 11. The lowest BCUT2D eigenvalue weighted by atomic mass is 9.85. The van der Waals surface area contributed by atoms with Crippen LogP contribution in [0.25, 0.3) is 0 Å². The summed E-state index contributed by atoms with van der Waals surface area (Å²) in [7, 11) is 2.98. The Balaban J connectivity index is 1.32. The Labute approximate surface area is 213 Å². The second-order valence-electron chi connectivity index (χ2n) is 9.49. The Morgan fingerprint density at radius 3 is 1.97 bits per heavy atom. The molecule has 3 heterocycles. The maximum Gasteiger partial charge on any atom is 0.229 e. The van der Waals surface area contributed by atoms with Crippen LogP contribution in [-0.2, 0) is 14.2 Å². The molecular formula is C26H32O11. The van der Waals surface area contributed by atoms with Crippen LogP contribution in [-0.4, -0.2) is 90.3 Å². The normalized spacial score (nSPS) is 35.2. The van der Waals surface area contributed by atoms with Gasteiger partial charge in [0, 0.05) is 11.8 Å². The van der Waals surface area contributed by atoms with E-state index in [1.54, 1.807) is 24.3 Å². The molecule has 0 amide bonds. The number of aliphatic hydroxyl groups is 4. The van der Waals surface area contributed by atoms with Crippen molar-refractivity contribution >= 4 is 0 Å². The van der Waals surface area contributed by atoms with E-state index in [4.69, 9.17) is 28.4 Å². The molecule has 202 valence electrons. The Morgan fingerprint density at radius 2 is 1.38 bits per heavy atom. The zero-order chi connectivity index (χ0) is 26.3. The van der Waals surface area contributed by atoms with Gasteiger partial charge in [-0.25, -0.2) is 0 Å².